The third-order valence-electron chi connectivity index (χ3n) is 5.88. The van der Waals surface area contributed by atoms with Crippen molar-refractivity contribution in [2.75, 3.05) is 20.1 Å². The zero-order chi connectivity index (χ0) is 21.4. The molecule has 0 unspecified atom stereocenters. The quantitative estimate of drug-likeness (QED) is 0.500. The number of nitrogens with zero attached hydrogens (tertiary/aromatic N) is 3. The molecule has 0 radical (unpaired) electrons. The van der Waals surface area contributed by atoms with Gasteiger partial charge in [-0.1, -0.05) is 18.2 Å². The molecule has 0 aliphatic carbocycles. The van der Waals surface area contributed by atoms with Gasteiger partial charge in [-0.2, -0.15) is 5.10 Å². The van der Waals surface area contributed by atoms with Crippen molar-refractivity contribution in [1.82, 2.24) is 20.0 Å². The maximum Gasteiger partial charge on any atom is 0.261 e. The van der Waals surface area contributed by atoms with E-state index >= 15 is 0 Å². The normalized spacial score (nSPS) is 16.8. The molecule has 1 fully saturated rings. The Morgan fingerprint density at radius 2 is 2.03 bits per heavy atom. The van der Waals surface area contributed by atoms with Gasteiger partial charge in [0.2, 0.25) is 0 Å². The van der Waals surface area contributed by atoms with Crippen LogP contribution in [0.1, 0.15) is 33.1 Å². The number of amides is 1. The van der Waals surface area contributed by atoms with Crippen LogP contribution in [0, 0.1) is 5.82 Å². The molecule has 1 aliphatic heterocycles. The van der Waals surface area contributed by atoms with E-state index in [1.165, 1.54) is 23.1 Å². The molecule has 0 spiro atoms. The van der Waals surface area contributed by atoms with Crippen LogP contribution in [0.4, 0.5) is 4.39 Å². The van der Waals surface area contributed by atoms with E-state index in [0.29, 0.717) is 5.92 Å². The highest BCUT2D eigenvalue weighted by Gasteiger charge is 2.30. The minimum Gasteiger partial charge on any atom is -0.354 e. The fourth-order valence-electron chi connectivity index (χ4n) is 4.40. The Hall–Kier alpha value is -3.03. The topological polar surface area (TPSA) is 50.2 Å². The minimum atomic E-state index is -0.253. The molecular weight excluding hydrogens is 411 g/mol. The highest BCUT2D eigenvalue weighted by atomic mass is 32.1. The zero-order valence-electron chi connectivity index (χ0n) is 17.2. The first kappa shape index (κ1) is 19.9. The van der Waals surface area contributed by atoms with Crippen molar-refractivity contribution in [3.05, 3.63) is 82.7 Å². The second-order valence-corrected chi connectivity index (χ2v) is 8.96. The molecule has 1 N–H and O–H groups in total. The summed E-state index contributed by atoms with van der Waals surface area (Å²) in [6.45, 7) is 2.69. The van der Waals surface area contributed by atoms with Gasteiger partial charge in [0.25, 0.3) is 5.91 Å². The molecule has 1 saturated heterocycles. The van der Waals surface area contributed by atoms with E-state index in [0.717, 1.165) is 46.9 Å². The van der Waals surface area contributed by atoms with Gasteiger partial charge in [-0.15, -0.1) is 11.3 Å². The second kappa shape index (κ2) is 8.24. The van der Waals surface area contributed by atoms with E-state index in [2.05, 4.69) is 27.4 Å². The van der Waals surface area contributed by atoms with Crippen molar-refractivity contribution >= 4 is 27.3 Å². The number of carbonyl (C=O) groups is 1. The van der Waals surface area contributed by atoms with E-state index in [1.807, 2.05) is 24.5 Å². The van der Waals surface area contributed by atoms with Crippen LogP contribution in [0.15, 0.2) is 60.9 Å². The Bertz CT molecular complexity index is 1230. The molecule has 0 bridgehead atoms. The lowest BCUT2D eigenvalue weighted by Gasteiger charge is -2.16. The molecule has 5 rings (SSSR count). The van der Waals surface area contributed by atoms with Gasteiger partial charge in [0.15, 0.2) is 0 Å². The molecule has 4 aromatic rings. The molecule has 2 aromatic carbocycles. The number of aromatic nitrogens is 2. The number of likely N-dealkylation sites (tertiary alicyclic amines) is 1. The summed E-state index contributed by atoms with van der Waals surface area (Å²) in [5.74, 6) is 0.0714. The smallest absolute Gasteiger partial charge is 0.261 e. The molecule has 3 heterocycles. The number of hydrogen-bond donors (Lipinski definition) is 1. The molecule has 0 saturated carbocycles. The fraction of sp³-hybridized carbons (Fsp3) is 0.250. The van der Waals surface area contributed by atoms with E-state index in [-0.39, 0.29) is 11.7 Å². The Balaban J connectivity index is 1.34. The number of hydrogen-bond acceptors (Lipinski definition) is 4. The van der Waals surface area contributed by atoms with Crippen LogP contribution in [0.2, 0.25) is 0 Å². The molecule has 7 heteroatoms. The van der Waals surface area contributed by atoms with Gasteiger partial charge in [-0.3, -0.25) is 9.69 Å². The standard InChI is InChI=1S/C24H23FN4OS/c1-26-24(30)23-22(20-4-2-3-5-21(20)31-23)17-10-11-28(15-17)13-16-12-27-29(14-16)19-8-6-18(25)7-9-19/h2-9,12,14,17H,10-11,13,15H2,1H3,(H,26,30)/t17-/m0/s1. The third-order valence-corrected chi connectivity index (χ3v) is 7.07. The summed E-state index contributed by atoms with van der Waals surface area (Å²) >= 11 is 1.58. The number of carbonyl (C=O) groups excluding carboxylic acids is 1. The Morgan fingerprint density at radius 1 is 1.23 bits per heavy atom. The monoisotopic (exact) mass is 434 g/mol. The lowest BCUT2D eigenvalue weighted by molar-refractivity contribution is 0.0966. The van der Waals surface area contributed by atoms with Gasteiger partial charge in [0.1, 0.15) is 5.82 Å². The maximum absolute atomic E-state index is 13.2. The summed E-state index contributed by atoms with van der Waals surface area (Å²) in [6.07, 6.45) is 4.89. The first-order valence-electron chi connectivity index (χ1n) is 10.4. The number of rotatable bonds is 5. The average molecular weight is 435 g/mol. The van der Waals surface area contributed by atoms with Crippen LogP contribution in [0.5, 0.6) is 0 Å². The Kier molecular flexibility index (Phi) is 5.29. The van der Waals surface area contributed by atoms with Crippen LogP contribution in [0.3, 0.4) is 0 Å². The van der Waals surface area contributed by atoms with Crippen molar-refractivity contribution in [3.63, 3.8) is 0 Å². The molecule has 158 valence electrons. The number of fused-ring (bicyclic) bond motifs is 1. The fourth-order valence-corrected chi connectivity index (χ4v) is 5.64. The van der Waals surface area contributed by atoms with E-state index in [4.69, 9.17) is 0 Å². The molecule has 1 amide bonds. The van der Waals surface area contributed by atoms with E-state index < -0.39 is 0 Å². The second-order valence-electron chi connectivity index (χ2n) is 7.91. The maximum atomic E-state index is 13.2. The molecule has 1 atom stereocenters. The average Bonchev–Trinajstić information content (AvgIpc) is 3.52. The van der Waals surface area contributed by atoms with Crippen LogP contribution in [0.25, 0.3) is 15.8 Å². The number of benzene rings is 2. The summed E-state index contributed by atoms with van der Waals surface area (Å²) in [6, 6.07) is 14.6. The van der Waals surface area contributed by atoms with Crippen LogP contribution < -0.4 is 5.32 Å². The van der Waals surface area contributed by atoms with Crippen LogP contribution in [-0.4, -0.2) is 40.7 Å². The van der Waals surface area contributed by atoms with Crippen molar-refractivity contribution in [2.24, 2.45) is 0 Å². The zero-order valence-corrected chi connectivity index (χ0v) is 18.0. The van der Waals surface area contributed by atoms with Gasteiger partial charge in [0.05, 0.1) is 16.8 Å². The summed E-state index contributed by atoms with van der Waals surface area (Å²) in [4.78, 5) is 15.8. The first-order chi connectivity index (χ1) is 15.1. The SMILES string of the molecule is CNC(=O)c1sc2ccccc2c1[C@H]1CCN(Cc2cnn(-c3ccc(F)cc3)c2)C1. The predicted octanol–water partition coefficient (Wildman–Crippen LogP) is 4.58. The van der Waals surface area contributed by atoms with Gasteiger partial charge in [-0.05, 0) is 54.2 Å². The van der Waals surface area contributed by atoms with Gasteiger partial charge in [-0.25, -0.2) is 9.07 Å². The van der Waals surface area contributed by atoms with Crippen LogP contribution in [-0.2, 0) is 6.54 Å². The predicted molar refractivity (Wildman–Crippen MR) is 121 cm³/mol. The van der Waals surface area contributed by atoms with Gasteiger partial charge >= 0.3 is 0 Å². The molecule has 1 aliphatic rings. The van der Waals surface area contributed by atoms with Crippen molar-refractivity contribution in [1.29, 1.82) is 0 Å². The number of thiophene rings is 1. The first-order valence-corrected chi connectivity index (χ1v) is 11.2. The van der Waals surface area contributed by atoms with Crippen molar-refractivity contribution in [2.45, 2.75) is 18.9 Å². The lowest BCUT2D eigenvalue weighted by atomic mass is 9.95. The lowest BCUT2D eigenvalue weighted by Crippen LogP contribution is -2.21. The summed E-state index contributed by atoms with van der Waals surface area (Å²) in [5.41, 5.74) is 3.14. The molecular formula is C24H23FN4OS. The highest BCUT2D eigenvalue weighted by Crippen LogP contribution is 2.40. The molecule has 2 aromatic heterocycles. The third kappa shape index (κ3) is 3.86. The van der Waals surface area contributed by atoms with Gasteiger partial charge < -0.3 is 5.32 Å². The van der Waals surface area contributed by atoms with Crippen molar-refractivity contribution in [3.8, 4) is 5.69 Å². The van der Waals surface area contributed by atoms with Crippen molar-refractivity contribution < 1.29 is 9.18 Å². The summed E-state index contributed by atoms with van der Waals surface area (Å²) < 4.78 is 16.1. The summed E-state index contributed by atoms with van der Waals surface area (Å²) in [5, 5.41) is 8.43. The van der Waals surface area contributed by atoms with Crippen LogP contribution >= 0.6 is 11.3 Å². The molecule has 31 heavy (non-hydrogen) atoms. The number of halogens is 1. The Morgan fingerprint density at radius 3 is 2.84 bits per heavy atom. The summed E-state index contributed by atoms with van der Waals surface area (Å²) in [7, 11) is 1.69. The highest BCUT2D eigenvalue weighted by molar-refractivity contribution is 7.21. The number of nitrogens with one attached hydrogen (secondary N) is 1. The van der Waals surface area contributed by atoms with E-state index in [1.54, 1.807) is 35.2 Å². The Labute approximate surface area is 184 Å². The largest absolute Gasteiger partial charge is 0.354 e. The van der Waals surface area contributed by atoms with Gasteiger partial charge in [0, 0.05) is 42.5 Å². The van der Waals surface area contributed by atoms with E-state index in [9.17, 15) is 9.18 Å². The molecule has 5 nitrogen and oxygen atoms in total. The minimum absolute atomic E-state index is 0.00442.